The zero-order chi connectivity index (χ0) is 17.6. The molecule has 1 aliphatic heterocycles. The van der Waals surface area contributed by atoms with E-state index in [4.69, 9.17) is 4.74 Å². The van der Waals surface area contributed by atoms with Crippen molar-refractivity contribution in [3.8, 4) is 0 Å². The number of halogens is 1. The van der Waals surface area contributed by atoms with Crippen molar-refractivity contribution in [3.05, 3.63) is 34.3 Å². The predicted molar refractivity (Wildman–Crippen MR) is 105 cm³/mol. The molecule has 0 bridgehead atoms. The fourth-order valence-corrected chi connectivity index (χ4v) is 3.23. The molecule has 1 fully saturated rings. The van der Waals surface area contributed by atoms with Gasteiger partial charge in [0.15, 0.2) is 5.96 Å². The van der Waals surface area contributed by atoms with E-state index in [-0.39, 0.29) is 5.41 Å². The van der Waals surface area contributed by atoms with E-state index in [1.807, 2.05) is 7.05 Å². The summed E-state index contributed by atoms with van der Waals surface area (Å²) in [7, 11) is 1.83. The number of benzene rings is 1. The largest absolute Gasteiger partial charge is 0.381 e. The minimum Gasteiger partial charge on any atom is -0.381 e. The molecule has 4 nitrogen and oxygen atoms in total. The Morgan fingerprint density at radius 2 is 1.83 bits per heavy atom. The molecular weight excluding hydrogens is 366 g/mol. The maximum atomic E-state index is 5.62. The van der Waals surface area contributed by atoms with Crippen LogP contribution in [-0.4, -0.2) is 38.8 Å². The van der Waals surface area contributed by atoms with Gasteiger partial charge in [0.1, 0.15) is 0 Å². The minimum absolute atomic E-state index is 0.0949. The van der Waals surface area contributed by atoms with E-state index in [2.05, 4.69) is 76.6 Å². The second kappa shape index (κ2) is 8.86. The van der Waals surface area contributed by atoms with Crippen molar-refractivity contribution < 1.29 is 4.74 Å². The number of hydrogen-bond donors (Lipinski definition) is 2. The monoisotopic (exact) mass is 395 g/mol. The average molecular weight is 396 g/mol. The molecule has 1 unspecified atom stereocenters. The molecule has 0 saturated carbocycles. The third kappa shape index (κ3) is 4.96. The Morgan fingerprint density at radius 3 is 2.38 bits per heavy atom. The van der Waals surface area contributed by atoms with Gasteiger partial charge in [0, 0.05) is 42.7 Å². The topological polar surface area (TPSA) is 45.7 Å². The summed E-state index contributed by atoms with van der Waals surface area (Å²) in [5, 5.41) is 7.03. The molecule has 1 aromatic rings. The lowest BCUT2D eigenvalue weighted by Crippen LogP contribution is -2.50. The molecule has 0 amide bonds. The summed E-state index contributed by atoms with van der Waals surface area (Å²) in [5.41, 5.74) is 1.46. The van der Waals surface area contributed by atoms with E-state index in [1.54, 1.807) is 0 Å². The standard InChI is InChI=1S/C19H30BrN3O/c1-14(2)15(3)23-18(21-4)22-13-19(9-11-24-12-10-19)16-5-7-17(20)8-6-16/h5-8,14-15H,9-13H2,1-4H3,(H2,21,22,23). The summed E-state index contributed by atoms with van der Waals surface area (Å²) in [5.74, 6) is 1.44. The Morgan fingerprint density at radius 1 is 1.21 bits per heavy atom. The molecule has 1 saturated heterocycles. The molecule has 24 heavy (non-hydrogen) atoms. The van der Waals surface area contributed by atoms with E-state index >= 15 is 0 Å². The Hall–Kier alpha value is -1.07. The van der Waals surface area contributed by atoms with Crippen LogP contribution in [0.2, 0.25) is 0 Å². The number of nitrogens with zero attached hydrogens (tertiary/aromatic N) is 1. The Bertz CT molecular complexity index is 536. The van der Waals surface area contributed by atoms with Gasteiger partial charge < -0.3 is 15.4 Å². The molecule has 5 heteroatoms. The van der Waals surface area contributed by atoms with Crippen LogP contribution in [-0.2, 0) is 10.2 Å². The number of aliphatic imine (C=N–C) groups is 1. The SMILES string of the molecule is CN=C(NCC1(c2ccc(Br)cc2)CCOCC1)NC(C)C(C)C. The molecule has 0 aliphatic carbocycles. The quantitative estimate of drug-likeness (QED) is 0.589. The zero-order valence-electron chi connectivity index (χ0n) is 15.2. The van der Waals surface area contributed by atoms with Gasteiger partial charge in [0.25, 0.3) is 0 Å². The van der Waals surface area contributed by atoms with Crippen molar-refractivity contribution in [2.24, 2.45) is 10.9 Å². The zero-order valence-corrected chi connectivity index (χ0v) is 16.8. The molecule has 134 valence electrons. The molecule has 2 rings (SSSR count). The lowest BCUT2D eigenvalue weighted by Gasteiger charge is -2.38. The van der Waals surface area contributed by atoms with Gasteiger partial charge >= 0.3 is 0 Å². The summed E-state index contributed by atoms with van der Waals surface area (Å²) < 4.78 is 6.73. The van der Waals surface area contributed by atoms with Crippen LogP contribution in [0.15, 0.2) is 33.7 Å². The Kier molecular flexibility index (Phi) is 7.11. The normalized spacial score (nSPS) is 19.2. The highest BCUT2D eigenvalue weighted by atomic mass is 79.9. The maximum absolute atomic E-state index is 5.62. The lowest BCUT2D eigenvalue weighted by molar-refractivity contribution is 0.0513. The van der Waals surface area contributed by atoms with Gasteiger partial charge in [-0.3, -0.25) is 4.99 Å². The van der Waals surface area contributed by atoms with Crippen LogP contribution in [0.25, 0.3) is 0 Å². The summed E-state index contributed by atoms with van der Waals surface area (Å²) >= 11 is 3.53. The van der Waals surface area contributed by atoms with Crippen LogP contribution in [0.4, 0.5) is 0 Å². The molecular formula is C19H30BrN3O. The maximum Gasteiger partial charge on any atom is 0.191 e. The van der Waals surface area contributed by atoms with Crippen molar-refractivity contribution >= 4 is 21.9 Å². The first kappa shape index (κ1) is 19.3. The second-order valence-electron chi connectivity index (χ2n) is 7.00. The van der Waals surface area contributed by atoms with Crippen molar-refractivity contribution in [2.75, 3.05) is 26.8 Å². The Labute approximate surface area is 154 Å². The highest BCUT2D eigenvalue weighted by Crippen LogP contribution is 2.34. The number of hydrogen-bond acceptors (Lipinski definition) is 2. The number of guanidine groups is 1. The second-order valence-corrected chi connectivity index (χ2v) is 7.92. The number of ether oxygens (including phenoxy) is 1. The van der Waals surface area contributed by atoms with E-state index in [0.29, 0.717) is 12.0 Å². The molecule has 1 atom stereocenters. The summed E-state index contributed by atoms with van der Waals surface area (Å²) in [4.78, 5) is 4.39. The Balaban J connectivity index is 2.10. The van der Waals surface area contributed by atoms with Crippen molar-refractivity contribution in [1.29, 1.82) is 0 Å². The van der Waals surface area contributed by atoms with Crippen LogP contribution < -0.4 is 10.6 Å². The molecule has 1 heterocycles. The average Bonchev–Trinajstić information content (AvgIpc) is 2.59. The predicted octanol–water partition coefficient (Wildman–Crippen LogP) is 3.71. The molecule has 1 aromatic carbocycles. The van der Waals surface area contributed by atoms with Gasteiger partial charge in [0.2, 0.25) is 0 Å². The van der Waals surface area contributed by atoms with Gasteiger partial charge in [0.05, 0.1) is 0 Å². The van der Waals surface area contributed by atoms with Crippen LogP contribution in [0, 0.1) is 5.92 Å². The van der Waals surface area contributed by atoms with Crippen LogP contribution in [0.1, 0.15) is 39.2 Å². The van der Waals surface area contributed by atoms with Gasteiger partial charge in [-0.15, -0.1) is 0 Å². The fraction of sp³-hybridized carbons (Fsp3) is 0.632. The highest BCUT2D eigenvalue weighted by Gasteiger charge is 2.34. The fourth-order valence-electron chi connectivity index (χ4n) is 2.96. The third-order valence-corrected chi connectivity index (χ3v) is 5.62. The van der Waals surface area contributed by atoms with Gasteiger partial charge in [-0.05, 0) is 43.4 Å². The molecule has 2 N–H and O–H groups in total. The van der Waals surface area contributed by atoms with Crippen LogP contribution in [0.3, 0.4) is 0 Å². The van der Waals surface area contributed by atoms with Crippen molar-refractivity contribution in [3.63, 3.8) is 0 Å². The first-order valence-electron chi connectivity index (χ1n) is 8.78. The van der Waals surface area contributed by atoms with E-state index in [9.17, 15) is 0 Å². The smallest absolute Gasteiger partial charge is 0.191 e. The van der Waals surface area contributed by atoms with Crippen molar-refractivity contribution in [1.82, 2.24) is 10.6 Å². The van der Waals surface area contributed by atoms with E-state index < -0.39 is 0 Å². The summed E-state index contributed by atoms with van der Waals surface area (Å²) in [6.07, 6.45) is 2.05. The van der Waals surface area contributed by atoms with Crippen molar-refractivity contribution in [2.45, 2.75) is 45.1 Å². The number of nitrogens with one attached hydrogen (secondary N) is 2. The first-order valence-corrected chi connectivity index (χ1v) is 9.57. The van der Waals surface area contributed by atoms with E-state index in [0.717, 1.165) is 43.0 Å². The minimum atomic E-state index is 0.0949. The molecule has 0 radical (unpaired) electrons. The van der Waals surface area contributed by atoms with Gasteiger partial charge in [-0.25, -0.2) is 0 Å². The lowest BCUT2D eigenvalue weighted by atomic mass is 9.74. The highest BCUT2D eigenvalue weighted by molar-refractivity contribution is 9.10. The first-order chi connectivity index (χ1) is 11.5. The summed E-state index contributed by atoms with van der Waals surface area (Å²) in [6.45, 7) is 9.11. The molecule has 0 spiro atoms. The van der Waals surface area contributed by atoms with Gasteiger partial charge in [-0.2, -0.15) is 0 Å². The summed E-state index contributed by atoms with van der Waals surface area (Å²) in [6, 6.07) is 9.09. The number of rotatable bonds is 5. The van der Waals surface area contributed by atoms with Gasteiger partial charge in [-0.1, -0.05) is 41.9 Å². The molecule has 1 aliphatic rings. The van der Waals surface area contributed by atoms with E-state index in [1.165, 1.54) is 5.56 Å². The third-order valence-electron chi connectivity index (χ3n) is 5.09. The molecule has 0 aromatic heterocycles. The van der Waals surface area contributed by atoms with Crippen LogP contribution in [0.5, 0.6) is 0 Å². The van der Waals surface area contributed by atoms with Crippen LogP contribution >= 0.6 is 15.9 Å².